The van der Waals surface area contributed by atoms with Gasteiger partial charge in [0.25, 0.3) is 0 Å². The van der Waals surface area contributed by atoms with Crippen LogP contribution in [-0.2, 0) is 16.6 Å². The van der Waals surface area contributed by atoms with Crippen molar-refractivity contribution in [1.82, 2.24) is 24.5 Å². The summed E-state index contributed by atoms with van der Waals surface area (Å²) in [6, 6.07) is 4.66. The molecule has 3 aromatic heterocycles. The van der Waals surface area contributed by atoms with E-state index < -0.39 is 21.9 Å². The lowest BCUT2D eigenvalue weighted by Gasteiger charge is -2.59. The van der Waals surface area contributed by atoms with Gasteiger partial charge in [-0.2, -0.15) is 5.10 Å². The lowest BCUT2D eigenvalue weighted by Crippen LogP contribution is -2.73. The van der Waals surface area contributed by atoms with E-state index in [0.29, 0.717) is 75.3 Å². The Morgan fingerprint density at radius 2 is 1.85 bits per heavy atom. The highest BCUT2D eigenvalue weighted by atomic mass is 35.5. The number of ether oxygens (including phenoxy) is 1. The second kappa shape index (κ2) is 9.81. The number of aliphatic hydroxyl groups excluding tert-OH is 1. The summed E-state index contributed by atoms with van der Waals surface area (Å²) in [5, 5.41) is 18.6. The highest BCUT2D eigenvalue weighted by molar-refractivity contribution is 7.88. The van der Waals surface area contributed by atoms with Crippen molar-refractivity contribution in [1.29, 1.82) is 0 Å². The number of halogens is 3. The van der Waals surface area contributed by atoms with Crippen molar-refractivity contribution in [3.05, 3.63) is 63.8 Å². The van der Waals surface area contributed by atoms with Gasteiger partial charge in [-0.15, -0.1) is 0 Å². The quantitative estimate of drug-likeness (QED) is 0.321. The van der Waals surface area contributed by atoms with Gasteiger partial charge in [-0.05, 0) is 19.1 Å². The number of sulfonamides is 1. The summed E-state index contributed by atoms with van der Waals surface area (Å²) in [6.07, 6.45) is 5.11. The number of benzene rings is 1. The summed E-state index contributed by atoms with van der Waals surface area (Å²) >= 11 is 12.5. The van der Waals surface area contributed by atoms with E-state index >= 15 is 0 Å². The summed E-state index contributed by atoms with van der Waals surface area (Å²) in [5.74, 6) is 0.0510. The van der Waals surface area contributed by atoms with Gasteiger partial charge in [0.15, 0.2) is 11.6 Å². The molecular formula is C26H25Cl2FN6O4S. The highest BCUT2D eigenvalue weighted by Gasteiger charge is 2.54. The fraction of sp³-hybridized carbons (Fsp3) is 0.346. The molecule has 0 bridgehead atoms. The van der Waals surface area contributed by atoms with E-state index in [1.165, 1.54) is 29.0 Å². The van der Waals surface area contributed by atoms with Crippen LogP contribution in [0, 0.1) is 11.2 Å². The van der Waals surface area contributed by atoms with Gasteiger partial charge in [-0.25, -0.2) is 22.1 Å². The normalized spacial score (nSPS) is 17.6. The number of nitrogens with one attached hydrogen (secondary N) is 1. The zero-order valence-electron chi connectivity index (χ0n) is 21.5. The maximum absolute atomic E-state index is 15.0. The Bertz CT molecular complexity index is 1720. The molecule has 0 aliphatic carbocycles. The lowest BCUT2D eigenvalue weighted by atomic mass is 9.74. The molecule has 4 aromatic rings. The average Bonchev–Trinajstić information content (AvgIpc) is 3.24. The van der Waals surface area contributed by atoms with Crippen LogP contribution in [0.3, 0.4) is 0 Å². The van der Waals surface area contributed by atoms with Gasteiger partial charge in [-0.3, -0.25) is 10.1 Å². The van der Waals surface area contributed by atoms with Crippen LogP contribution in [0.25, 0.3) is 22.2 Å². The first-order valence-electron chi connectivity index (χ1n) is 12.4. The van der Waals surface area contributed by atoms with E-state index in [1.807, 2.05) is 4.90 Å². The summed E-state index contributed by atoms with van der Waals surface area (Å²) in [6.45, 7) is 3.78. The molecule has 2 N–H and O–H groups in total. The van der Waals surface area contributed by atoms with Crippen LogP contribution in [0.1, 0.15) is 24.2 Å². The molecule has 0 saturated carbocycles. The van der Waals surface area contributed by atoms with Crippen molar-refractivity contribution in [3.63, 3.8) is 0 Å². The molecule has 210 valence electrons. The minimum atomic E-state index is -3.19. The number of fused-ring (bicyclic) bond motifs is 1. The Kier molecular flexibility index (Phi) is 6.66. The summed E-state index contributed by atoms with van der Waals surface area (Å²) < 4.78 is 45.8. The van der Waals surface area contributed by atoms with Gasteiger partial charge < -0.3 is 14.7 Å². The maximum atomic E-state index is 15.0. The number of hydrogen-bond donors (Lipinski definition) is 2. The van der Waals surface area contributed by atoms with Crippen LogP contribution >= 0.6 is 23.2 Å². The van der Waals surface area contributed by atoms with Crippen molar-refractivity contribution in [2.75, 3.05) is 37.3 Å². The Balaban J connectivity index is 1.25. The van der Waals surface area contributed by atoms with Crippen LogP contribution in [0.2, 0.25) is 10.0 Å². The molecule has 14 heteroatoms. The molecule has 6 rings (SSSR count). The van der Waals surface area contributed by atoms with E-state index in [4.69, 9.17) is 27.9 Å². The largest absolute Gasteiger partial charge is 0.483 e. The molecule has 0 unspecified atom stereocenters. The molecule has 1 atom stereocenters. The Labute approximate surface area is 239 Å². The number of pyridine rings is 2. The molecule has 0 amide bonds. The highest BCUT2D eigenvalue weighted by Crippen LogP contribution is 2.44. The molecule has 2 fully saturated rings. The van der Waals surface area contributed by atoms with E-state index in [2.05, 4.69) is 20.2 Å². The molecule has 5 heterocycles. The number of anilines is 1. The second-order valence-electron chi connectivity index (χ2n) is 10.4. The van der Waals surface area contributed by atoms with Crippen LogP contribution in [0.4, 0.5) is 10.2 Å². The predicted octanol–water partition coefficient (Wildman–Crippen LogP) is 4.18. The topological polar surface area (TPSA) is 125 Å². The van der Waals surface area contributed by atoms with Crippen molar-refractivity contribution in [2.45, 2.75) is 19.6 Å². The van der Waals surface area contributed by atoms with Crippen LogP contribution < -0.4 is 9.64 Å². The third-order valence-electron chi connectivity index (χ3n) is 7.45. The Morgan fingerprint density at radius 3 is 2.50 bits per heavy atom. The van der Waals surface area contributed by atoms with Gasteiger partial charge in [-0.1, -0.05) is 23.2 Å². The van der Waals surface area contributed by atoms with E-state index in [1.54, 1.807) is 25.3 Å². The molecule has 2 aliphatic heterocycles. The van der Waals surface area contributed by atoms with Crippen molar-refractivity contribution in [3.8, 4) is 17.0 Å². The first kappa shape index (κ1) is 27.2. The maximum Gasteiger partial charge on any atom is 0.211 e. The molecule has 2 saturated heterocycles. The third-order valence-corrected chi connectivity index (χ3v) is 9.25. The van der Waals surface area contributed by atoms with Gasteiger partial charge in [0, 0.05) is 78.3 Å². The number of hydrogen-bond acceptors (Lipinski definition) is 8. The molecule has 2 aliphatic rings. The lowest BCUT2D eigenvalue weighted by molar-refractivity contribution is 0.0392. The number of aromatic amines is 1. The molecule has 10 nitrogen and oxygen atoms in total. The molecule has 1 spiro atoms. The Morgan fingerprint density at radius 1 is 1.15 bits per heavy atom. The van der Waals surface area contributed by atoms with E-state index in [9.17, 15) is 17.9 Å². The monoisotopic (exact) mass is 606 g/mol. The van der Waals surface area contributed by atoms with E-state index in [0.717, 1.165) is 0 Å². The summed E-state index contributed by atoms with van der Waals surface area (Å²) in [4.78, 5) is 10.6. The van der Waals surface area contributed by atoms with Gasteiger partial charge in [0.2, 0.25) is 10.0 Å². The number of H-pyrrole nitrogens is 1. The standard InChI is InChI=1S/C26H25Cl2FN6O4S/c1-14(23-18(27)7-30-8-19(23)28)39-22-4-17-21(5-20(22)29)32-33-24(17)15-3-16(9-36)25(31-6-15)34-10-26(11-34)12-35(13-26)40(2,37)38/h3-8,14,36H,9-13H2,1-2H3,(H,32,33)/t14-/m1/s1. The summed E-state index contributed by atoms with van der Waals surface area (Å²) in [7, 11) is -3.19. The van der Waals surface area contributed by atoms with Gasteiger partial charge in [0.1, 0.15) is 17.6 Å². The smallest absolute Gasteiger partial charge is 0.211 e. The zero-order chi connectivity index (χ0) is 28.4. The van der Waals surface area contributed by atoms with E-state index in [-0.39, 0.29) is 17.8 Å². The SMILES string of the molecule is C[C@@H](Oc1cc2c(-c3cnc(N4CC5(C4)CN(S(C)(=O)=O)C5)c(CO)c3)n[nH]c2cc1F)c1c(Cl)cncc1Cl. The zero-order valence-corrected chi connectivity index (χ0v) is 23.9. The van der Waals surface area contributed by atoms with Gasteiger partial charge in [0.05, 0.1) is 28.4 Å². The van der Waals surface area contributed by atoms with Gasteiger partial charge >= 0.3 is 0 Å². The number of aliphatic hydroxyl groups is 1. The molecule has 1 aromatic carbocycles. The Hall–Kier alpha value is -3.03. The fourth-order valence-electron chi connectivity index (χ4n) is 5.47. The fourth-order valence-corrected chi connectivity index (χ4v) is 7.16. The summed E-state index contributed by atoms with van der Waals surface area (Å²) in [5.41, 5.74) is 2.65. The molecule has 0 radical (unpaired) electrons. The van der Waals surface area contributed by atoms with Crippen molar-refractivity contribution >= 4 is 49.9 Å². The van der Waals surface area contributed by atoms with Crippen LogP contribution in [0.15, 0.2) is 36.8 Å². The minimum Gasteiger partial charge on any atom is -0.483 e. The number of rotatable bonds is 7. The molecular weight excluding hydrogens is 582 g/mol. The first-order chi connectivity index (χ1) is 19.0. The predicted molar refractivity (Wildman–Crippen MR) is 150 cm³/mol. The number of nitrogens with zero attached hydrogens (tertiary/aromatic N) is 5. The second-order valence-corrected chi connectivity index (χ2v) is 13.2. The van der Waals surface area contributed by atoms with Crippen LogP contribution in [-0.4, -0.2) is 70.4 Å². The van der Waals surface area contributed by atoms with Crippen molar-refractivity contribution in [2.24, 2.45) is 5.41 Å². The minimum absolute atomic E-state index is 0.00642. The number of aromatic nitrogens is 4. The van der Waals surface area contributed by atoms with Crippen molar-refractivity contribution < 1.29 is 22.7 Å². The average molecular weight is 607 g/mol. The van der Waals surface area contributed by atoms with Crippen LogP contribution in [0.5, 0.6) is 5.75 Å². The molecule has 40 heavy (non-hydrogen) atoms. The first-order valence-corrected chi connectivity index (χ1v) is 15.0. The third kappa shape index (κ3) is 4.67.